The van der Waals surface area contributed by atoms with Crippen molar-refractivity contribution in [3.63, 3.8) is 0 Å². The second-order valence-corrected chi connectivity index (χ2v) is 2.48. The first-order chi connectivity index (χ1) is 5.78. The van der Waals surface area contributed by atoms with Crippen molar-refractivity contribution in [1.29, 1.82) is 0 Å². The Hall–Kier alpha value is 4.28. The quantitative estimate of drug-likeness (QED) is 0.368. The second-order valence-electron chi connectivity index (χ2n) is 2.48. The fourth-order valence-electron chi connectivity index (χ4n) is 0.714. The molecule has 0 radical (unpaired) electrons. The molecule has 0 aromatic rings. The minimum Gasteiger partial charge on any atom is -0.481 e. The molecule has 0 fully saturated rings. The Balaban J connectivity index is -0.000000120. The zero-order valence-electron chi connectivity index (χ0n) is 10.4. The number of rotatable bonds is 5. The molecule has 0 aromatic carbocycles. The van der Waals surface area contributed by atoms with Gasteiger partial charge in [-0.1, -0.05) is 0 Å². The molecule has 11 heteroatoms. The minimum atomic E-state index is -2.74. The number of carboxylic acid groups (broad SMARTS) is 3. The third kappa shape index (κ3) is 16.5. The van der Waals surface area contributed by atoms with Gasteiger partial charge in [-0.2, -0.15) is 0 Å². The number of aliphatic carboxylic acids is 3. The summed E-state index contributed by atoms with van der Waals surface area (Å²) in [6.45, 7) is 0. The Morgan fingerprint density at radius 2 is 1.06 bits per heavy atom. The molecule has 7 nitrogen and oxygen atoms in total. The zero-order chi connectivity index (χ0) is 10.6. The van der Waals surface area contributed by atoms with Crippen LogP contribution in [-0.4, -0.2) is 43.9 Å². The van der Waals surface area contributed by atoms with Crippen molar-refractivity contribution in [2.75, 3.05) is 0 Å². The topological polar surface area (TPSA) is 132 Å². The monoisotopic (exact) mass is 332 g/mol. The average molecular weight is 332 g/mol. The van der Waals surface area contributed by atoms with Crippen molar-refractivity contribution in [2.24, 2.45) is 0 Å². The van der Waals surface area contributed by atoms with Crippen molar-refractivity contribution >= 4 is 17.9 Å². The fourth-order valence-corrected chi connectivity index (χ4v) is 0.714. The molecule has 0 saturated heterocycles. The molecule has 0 aliphatic rings. The first-order valence-electron chi connectivity index (χ1n) is 3.17. The van der Waals surface area contributed by atoms with Crippen molar-refractivity contribution in [3.8, 4) is 0 Å². The maximum Gasteiger partial charge on any atom is 1.00 e. The largest absolute Gasteiger partial charge is 1.00 e. The summed E-state index contributed by atoms with van der Waals surface area (Å²) in [7, 11) is 0. The fraction of sp³-hybridized carbons (Fsp3) is 0.500. The van der Waals surface area contributed by atoms with E-state index in [-0.39, 0.29) is 184 Å². The summed E-state index contributed by atoms with van der Waals surface area (Å²) in [5.74, 6) is -5.02. The summed E-state index contributed by atoms with van der Waals surface area (Å²) in [5, 5.41) is 33.8. The number of aliphatic hydroxyl groups is 1. The van der Waals surface area contributed by atoms with Crippen LogP contribution in [0.2, 0.25) is 0 Å². The number of hydrogen-bond donors (Lipinski definition) is 4. The van der Waals surface area contributed by atoms with E-state index in [0.29, 0.717) is 0 Å². The number of carboxylic acids is 3. The molecule has 0 heterocycles. The smallest absolute Gasteiger partial charge is 0.481 e. The summed E-state index contributed by atoms with van der Waals surface area (Å²) in [6.07, 6.45) is -2.29. The van der Waals surface area contributed by atoms with E-state index in [4.69, 9.17) is 20.4 Å². The Morgan fingerprint density at radius 1 is 0.824 bits per heavy atom. The van der Waals surface area contributed by atoms with E-state index >= 15 is 0 Å². The molecule has 0 atom stereocenters. The maximum atomic E-state index is 10.3. The summed E-state index contributed by atoms with van der Waals surface area (Å²) < 4.78 is 0. The zero-order valence-corrected chi connectivity index (χ0v) is 21.8. The standard InChI is InChI=1S/C6H8O7.3K.Na/c7-3(8)1-6(13,5(11)12)2-4(9)10;;;;/h13H,1-2H2,(H,7,8)(H,9,10)(H,11,12);;;;/q;4*+1. The van der Waals surface area contributed by atoms with E-state index in [0.717, 1.165) is 0 Å². The Morgan fingerprint density at radius 3 is 1.18 bits per heavy atom. The van der Waals surface area contributed by atoms with Gasteiger partial charge in [0.05, 0.1) is 12.8 Å². The summed E-state index contributed by atoms with van der Waals surface area (Å²) in [6, 6.07) is 0. The SMILES string of the molecule is O=C(O)CC(O)(CC(=O)O)C(=O)O.[K+].[K+].[K+].[Na+]. The molecule has 0 saturated carbocycles. The van der Waals surface area contributed by atoms with Gasteiger partial charge in [-0.25, -0.2) is 4.79 Å². The van der Waals surface area contributed by atoms with Gasteiger partial charge in [-0.3, -0.25) is 9.59 Å². The molecule has 17 heavy (non-hydrogen) atoms. The van der Waals surface area contributed by atoms with Crippen LogP contribution in [0.15, 0.2) is 0 Å². The molecule has 74 valence electrons. The molecule has 0 rings (SSSR count). The third-order valence-corrected chi connectivity index (χ3v) is 1.29. The van der Waals surface area contributed by atoms with Crippen LogP contribution in [0.3, 0.4) is 0 Å². The minimum absolute atomic E-state index is 0. The molecule has 0 aromatic heterocycles. The van der Waals surface area contributed by atoms with Gasteiger partial charge in [0.1, 0.15) is 0 Å². The van der Waals surface area contributed by atoms with Gasteiger partial charge < -0.3 is 20.4 Å². The van der Waals surface area contributed by atoms with Gasteiger partial charge in [-0.15, -0.1) is 0 Å². The van der Waals surface area contributed by atoms with Crippen molar-refractivity contribution in [1.82, 2.24) is 0 Å². The molecule has 0 aliphatic heterocycles. The average Bonchev–Trinajstić information content (AvgIpc) is 1.82. The van der Waals surface area contributed by atoms with Crippen LogP contribution in [0.4, 0.5) is 0 Å². The Kier molecular flexibility index (Phi) is 32.3. The van der Waals surface area contributed by atoms with Gasteiger partial charge in [0.25, 0.3) is 0 Å². The molecule has 0 spiro atoms. The van der Waals surface area contributed by atoms with Crippen LogP contribution in [0, 0.1) is 0 Å². The number of hydrogen-bond acceptors (Lipinski definition) is 4. The van der Waals surface area contributed by atoms with Crippen LogP contribution in [0.1, 0.15) is 12.8 Å². The van der Waals surface area contributed by atoms with E-state index in [1.807, 2.05) is 0 Å². The van der Waals surface area contributed by atoms with Crippen LogP contribution < -0.4 is 184 Å². The Bertz CT molecular complexity index is 244. The van der Waals surface area contributed by atoms with Crippen LogP contribution in [-0.2, 0) is 14.4 Å². The molecule has 0 bridgehead atoms. The maximum absolute atomic E-state index is 10.3. The Labute approximate surface area is 247 Å². The summed E-state index contributed by atoms with van der Waals surface area (Å²) in [4.78, 5) is 30.5. The number of carbonyl (C=O) groups is 3. The summed E-state index contributed by atoms with van der Waals surface area (Å²) >= 11 is 0. The molecular formula is C6H8K3NaO7+4. The van der Waals surface area contributed by atoms with Crippen molar-refractivity contribution in [3.05, 3.63) is 0 Å². The van der Waals surface area contributed by atoms with Crippen LogP contribution in [0.5, 0.6) is 0 Å². The van der Waals surface area contributed by atoms with Gasteiger partial charge in [-0.05, 0) is 0 Å². The van der Waals surface area contributed by atoms with Gasteiger partial charge in [0, 0.05) is 0 Å². The van der Waals surface area contributed by atoms with Crippen LogP contribution >= 0.6 is 0 Å². The van der Waals surface area contributed by atoms with Crippen molar-refractivity contribution in [2.45, 2.75) is 18.4 Å². The molecule has 0 aliphatic carbocycles. The van der Waals surface area contributed by atoms with Gasteiger partial charge in [0.15, 0.2) is 5.60 Å². The normalized spacial score (nSPS) is 8.29. The van der Waals surface area contributed by atoms with E-state index in [9.17, 15) is 14.4 Å². The first kappa shape index (κ1) is 33.0. The predicted molar refractivity (Wildman–Crippen MR) is 37.1 cm³/mol. The molecule has 0 unspecified atom stereocenters. The second kappa shape index (κ2) is 16.6. The molecular weight excluding hydrogens is 324 g/mol. The molecule has 4 N–H and O–H groups in total. The van der Waals surface area contributed by atoms with E-state index in [1.54, 1.807) is 0 Å². The molecule has 0 amide bonds. The first-order valence-corrected chi connectivity index (χ1v) is 3.17. The third-order valence-electron chi connectivity index (χ3n) is 1.29. The van der Waals surface area contributed by atoms with E-state index < -0.39 is 36.4 Å². The van der Waals surface area contributed by atoms with Crippen LogP contribution in [0.25, 0.3) is 0 Å². The van der Waals surface area contributed by atoms with Gasteiger partial charge >= 0.3 is 202 Å². The van der Waals surface area contributed by atoms with E-state index in [2.05, 4.69) is 0 Å². The van der Waals surface area contributed by atoms with E-state index in [1.165, 1.54) is 0 Å². The van der Waals surface area contributed by atoms with Crippen molar-refractivity contribution < 1.29 is 219 Å². The summed E-state index contributed by atoms with van der Waals surface area (Å²) in [5.41, 5.74) is -2.74. The van der Waals surface area contributed by atoms with Gasteiger partial charge in [0.2, 0.25) is 0 Å². The predicted octanol–water partition coefficient (Wildman–Crippen LogP) is -13.2.